The van der Waals surface area contributed by atoms with Gasteiger partial charge in [0.25, 0.3) is 15.9 Å². The van der Waals surface area contributed by atoms with Crippen LogP contribution in [0.4, 0.5) is 9.59 Å². The maximum atomic E-state index is 14.8. The molecule has 5 rings (SSSR count). The van der Waals surface area contributed by atoms with Crippen molar-refractivity contribution < 1.29 is 41.9 Å². The van der Waals surface area contributed by atoms with E-state index >= 15 is 0 Å². The molecule has 0 bridgehead atoms. The summed E-state index contributed by atoms with van der Waals surface area (Å²) in [4.78, 5) is 85.3. The number of sulfonamides is 1. The number of carbonyl (C=O) groups excluding carboxylic acids is 6. The quantitative estimate of drug-likeness (QED) is 0.192. The number of urea groups is 1. The molecule has 3 heterocycles. The second kappa shape index (κ2) is 19.0. The van der Waals surface area contributed by atoms with E-state index in [4.69, 9.17) is 4.74 Å². The van der Waals surface area contributed by atoms with Crippen LogP contribution in [0.3, 0.4) is 0 Å². The molecule has 330 valence electrons. The highest BCUT2D eigenvalue weighted by Crippen LogP contribution is 2.30. The summed E-state index contributed by atoms with van der Waals surface area (Å²) < 4.78 is 33.9. The number of thiophene rings is 1. The van der Waals surface area contributed by atoms with Crippen LogP contribution in [-0.4, -0.2) is 121 Å². The molecule has 1 aromatic heterocycles. The highest BCUT2D eigenvalue weighted by atomic mass is 32.2. The van der Waals surface area contributed by atoms with E-state index in [0.717, 1.165) is 35.3 Å². The maximum absolute atomic E-state index is 14.8. The zero-order valence-electron chi connectivity index (χ0n) is 35.9. The number of rotatable bonds is 15. The fourth-order valence-electron chi connectivity index (χ4n) is 7.31. The topological polar surface area (TPSA) is 204 Å². The summed E-state index contributed by atoms with van der Waals surface area (Å²) in [6.07, 6.45) is 1.27. The second-order valence-corrected chi connectivity index (χ2v) is 21.4. The molecule has 18 heteroatoms. The summed E-state index contributed by atoms with van der Waals surface area (Å²) >= 11 is 1.09. The van der Waals surface area contributed by atoms with Crippen molar-refractivity contribution in [2.75, 3.05) is 26.7 Å². The first-order chi connectivity index (χ1) is 28.1. The molecule has 2 aromatic rings. The van der Waals surface area contributed by atoms with Gasteiger partial charge >= 0.3 is 12.1 Å². The lowest BCUT2D eigenvalue weighted by Crippen LogP contribution is -2.62. The van der Waals surface area contributed by atoms with Crippen molar-refractivity contribution in [2.24, 2.45) is 10.8 Å². The lowest BCUT2D eigenvalue weighted by atomic mass is 9.85. The lowest BCUT2D eigenvalue weighted by Gasteiger charge is -2.37. The highest BCUT2D eigenvalue weighted by Gasteiger charge is 2.47. The minimum absolute atomic E-state index is 0.0639. The average molecular weight is 872 g/mol. The van der Waals surface area contributed by atoms with E-state index in [-0.39, 0.29) is 36.2 Å². The average Bonchev–Trinajstić information content (AvgIpc) is 3.61. The number of hydrogen-bond donors (Lipinski definition) is 4. The van der Waals surface area contributed by atoms with Gasteiger partial charge in [0.2, 0.25) is 17.6 Å². The summed E-state index contributed by atoms with van der Waals surface area (Å²) in [5.41, 5.74) is 0.613. The van der Waals surface area contributed by atoms with Crippen LogP contribution in [0.15, 0.2) is 46.0 Å². The monoisotopic (exact) mass is 871 g/mol. The predicted octanol–water partition coefficient (Wildman–Crippen LogP) is 3.79. The summed E-state index contributed by atoms with van der Waals surface area (Å²) in [5.74, 6) is -2.88. The second-order valence-electron chi connectivity index (χ2n) is 18.2. The van der Waals surface area contributed by atoms with Gasteiger partial charge in [-0.25, -0.2) is 18.0 Å². The Labute approximate surface area is 357 Å². The minimum Gasteiger partial charge on any atom is -0.444 e. The zero-order valence-corrected chi connectivity index (χ0v) is 37.5. The molecule has 1 aromatic carbocycles. The standard InChI is InChI=1S/C42H61N7O9S2/c1-9-13-30(34(50)37(52)43-28-17-18-28)44-36(51)31-22-29(58-40(55)48-20-19-26-14-10-11-15-27(26)23-48)24-49(31)38(53)35(42(5,6)7)46-39(54)45-32(41(2,3)4)25-47(8)60(56,57)33-16-12-21-59-33/h10-12,14-16,21,28-32,35H,9,13,17-20,22-25H2,1-8H3,(H,43,52)(H,44,51)(H2,45,46,54)/t29?,30?,31-,32+,35+/m0/s1. The van der Waals surface area contributed by atoms with Crippen molar-refractivity contribution in [3.05, 3.63) is 52.9 Å². The number of likely N-dealkylation sites (N-methyl/N-ethyl adjacent to an activating group) is 1. The number of ketones is 1. The van der Waals surface area contributed by atoms with Crippen LogP contribution in [0.2, 0.25) is 0 Å². The van der Waals surface area contributed by atoms with Gasteiger partial charge < -0.3 is 35.8 Å². The largest absolute Gasteiger partial charge is 0.444 e. The first-order valence-corrected chi connectivity index (χ1v) is 23.0. The van der Waals surface area contributed by atoms with Crippen molar-refractivity contribution in [3.63, 3.8) is 0 Å². The SMILES string of the molecule is CCCC(NC(=O)[C@@H]1CC(OC(=O)N2CCc3ccccc3C2)CN1C(=O)[C@@H](NC(=O)N[C@H](CN(C)S(=O)(=O)c1cccs1)C(C)(C)C)C(C)(C)C)C(=O)C(=O)NC1CC1. The van der Waals surface area contributed by atoms with Crippen molar-refractivity contribution >= 4 is 57.0 Å². The fraction of sp³-hybridized carbons (Fsp3) is 0.619. The Bertz CT molecular complexity index is 2010. The Morgan fingerprint density at radius 1 is 0.933 bits per heavy atom. The highest BCUT2D eigenvalue weighted by molar-refractivity contribution is 7.91. The number of likely N-dealkylation sites (tertiary alicyclic amines) is 1. The van der Waals surface area contributed by atoms with Crippen LogP contribution >= 0.6 is 11.3 Å². The van der Waals surface area contributed by atoms with Gasteiger partial charge in [-0.15, -0.1) is 11.3 Å². The Hall–Kier alpha value is -4.55. The molecule has 4 N–H and O–H groups in total. The van der Waals surface area contributed by atoms with Crippen molar-refractivity contribution in [1.29, 1.82) is 0 Å². The van der Waals surface area contributed by atoms with Crippen LogP contribution in [0.5, 0.6) is 0 Å². The Balaban J connectivity index is 1.36. The van der Waals surface area contributed by atoms with Gasteiger partial charge in [0, 0.05) is 45.2 Å². The molecule has 1 saturated carbocycles. The van der Waals surface area contributed by atoms with Gasteiger partial charge in [-0.3, -0.25) is 19.2 Å². The van der Waals surface area contributed by atoms with E-state index < -0.39 is 86.8 Å². The van der Waals surface area contributed by atoms with E-state index in [1.165, 1.54) is 22.3 Å². The third-order valence-corrected chi connectivity index (χ3v) is 14.4. The van der Waals surface area contributed by atoms with Crippen LogP contribution in [-0.2, 0) is 46.9 Å². The summed E-state index contributed by atoms with van der Waals surface area (Å²) in [7, 11) is -2.39. The molecular weight excluding hydrogens is 811 g/mol. The molecule has 5 atom stereocenters. The minimum atomic E-state index is -3.83. The van der Waals surface area contributed by atoms with Gasteiger partial charge in [0.15, 0.2) is 0 Å². The van der Waals surface area contributed by atoms with E-state index in [1.54, 1.807) is 37.1 Å². The molecular formula is C42H61N7O9S2. The molecule has 2 aliphatic heterocycles. The molecule has 0 radical (unpaired) electrons. The normalized spacial score (nSPS) is 19.8. The summed E-state index contributed by atoms with van der Waals surface area (Å²) in [6.45, 7) is 13.2. The number of Topliss-reactive ketones (excluding diaryl/α,β-unsaturated/α-hetero) is 1. The van der Waals surface area contributed by atoms with E-state index in [0.29, 0.717) is 25.9 Å². The smallest absolute Gasteiger partial charge is 0.410 e. The molecule has 16 nitrogen and oxygen atoms in total. The van der Waals surface area contributed by atoms with Gasteiger partial charge in [-0.05, 0) is 59.1 Å². The predicted molar refractivity (Wildman–Crippen MR) is 226 cm³/mol. The number of ether oxygens (including phenoxy) is 1. The van der Waals surface area contributed by atoms with Crippen molar-refractivity contribution in [2.45, 2.75) is 134 Å². The van der Waals surface area contributed by atoms with Crippen LogP contribution < -0.4 is 21.3 Å². The number of nitrogens with one attached hydrogen (secondary N) is 4. The third kappa shape index (κ3) is 11.6. The fourth-order valence-corrected chi connectivity index (χ4v) is 9.70. The molecule has 2 fully saturated rings. The van der Waals surface area contributed by atoms with Crippen LogP contribution in [0, 0.1) is 10.8 Å². The third-order valence-electron chi connectivity index (χ3n) is 11.2. The number of hydrogen-bond acceptors (Lipinski definition) is 10. The number of amides is 6. The van der Waals surface area contributed by atoms with Crippen LogP contribution in [0.1, 0.15) is 91.7 Å². The van der Waals surface area contributed by atoms with Gasteiger partial charge in [0.1, 0.15) is 22.4 Å². The van der Waals surface area contributed by atoms with Crippen molar-refractivity contribution in [1.82, 2.24) is 35.4 Å². The molecule has 6 amide bonds. The molecule has 2 unspecified atom stereocenters. The van der Waals surface area contributed by atoms with Crippen LogP contribution in [0.25, 0.3) is 0 Å². The van der Waals surface area contributed by atoms with Gasteiger partial charge in [-0.1, -0.05) is 85.2 Å². The van der Waals surface area contributed by atoms with E-state index in [1.807, 2.05) is 52.0 Å². The molecule has 0 spiro atoms. The number of carbonyl (C=O) groups is 6. The molecule has 3 aliphatic rings. The van der Waals surface area contributed by atoms with Gasteiger partial charge in [0.05, 0.1) is 12.6 Å². The zero-order chi connectivity index (χ0) is 44.2. The summed E-state index contributed by atoms with van der Waals surface area (Å²) in [6, 6.07) is 5.91. The first-order valence-electron chi connectivity index (χ1n) is 20.6. The Kier molecular flexibility index (Phi) is 14.7. The molecule has 1 saturated heterocycles. The maximum Gasteiger partial charge on any atom is 0.410 e. The number of nitrogens with zero attached hydrogens (tertiary/aromatic N) is 3. The van der Waals surface area contributed by atoms with E-state index in [2.05, 4.69) is 21.3 Å². The molecule has 1 aliphatic carbocycles. The van der Waals surface area contributed by atoms with E-state index in [9.17, 15) is 37.2 Å². The van der Waals surface area contributed by atoms with Crippen molar-refractivity contribution in [3.8, 4) is 0 Å². The number of benzene rings is 1. The first kappa shape index (κ1) is 46.5. The Morgan fingerprint density at radius 2 is 1.62 bits per heavy atom. The lowest BCUT2D eigenvalue weighted by molar-refractivity contribution is -0.144. The van der Waals surface area contributed by atoms with Gasteiger partial charge in [-0.2, -0.15) is 4.31 Å². The number of fused-ring (bicyclic) bond motifs is 1. The molecule has 60 heavy (non-hydrogen) atoms. The summed E-state index contributed by atoms with van der Waals surface area (Å²) in [5, 5.41) is 12.8. The Morgan fingerprint density at radius 3 is 2.22 bits per heavy atom.